The van der Waals surface area contributed by atoms with Gasteiger partial charge >= 0.3 is 23.5 Å². The van der Waals surface area contributed by atoms with Gasteiger partial charge in [-0.3, -0.25) is 14.3 Å². The van der Waals surface area contributed by atoms with Crippen LogP contribution in [-0.4, -0.2) is 42.3 Å². The SMILES string of the molecule is Nc1ncc([C@H]2CC[C@@H](COP(=O)(O)OP(=O)(O)OP(=O)(O)O)O2)c(=O)[nH]1. The molecule has 154 valence electrons. The van der Waals surface area contributed by atoms with Gasteiger partial charge in [0, 0.05) is 6.20 Å². The molecule has 2 rings (SSSR count). The molecule has 1 aliphatic heterocycles. The highest BCUT2D eigenvalue weighted by Crippen LogP contribution is 2.66. The molecule has 1 saturated heterocycles. The van der Waals surface area contributed by atoms with Crippen LogP contribution in [0.2, 0.25) is 0 Å². The standard InChI is InChI=1S/C9H16N3O12P3/c10-9-11-3-6(8(13)12-9)7-2-1-5(22-7)4-21-26(17,18)24-27(19,20)23-25(14,15)16/h3,5,7H,1-2,4H2,(H,17,18)(H,19,20)(H2,14,15,16)(H3,10,11,12,13)/t5-,7+/m0/s1. The third-order valence-electron chi connectivity index (χ3n) is 3.14. The molecule has 0 amide bonds. The van der Waals surface area contributed by atoms with Crippen LogP contribution in [0.15, 0.2) is 11.0 Å². The topological polar surface area (TPSA) is 241 Å². The van der Waals surface area contributed by atoms with E-state index in [1.807, 2.05) is 0 Å². The van der Waals surface area contributed by atoms with Crippen molar-refractivity contribution in [3.05, 3.63) is 22.1 Å². The molecule has 0 radical (unpaired) electrons. The van der Waals surface area contributed by atoms with Gasteiger partial charge < -0.3 is 30.0 Å². The number of nitrogens with zero attached hydrogens (tertiary/aromatic N) is 1. The second kappa shape index (κ2) is 8.19. The Hall–Kier alpha value is -0.950. The molecule has 18 heteroatoms. The summed E-state index contributed by atoms with van der Waals surface area (Å²) in [5, 5.41) is 0. The van der Waals surface area contributed by atoms with Gasteiger partial charge in [0.05, 0.1) is 24.4 Å². The van der Waals surface area contributed by atoms with E-state index in [1.165, 1.54) is 6.20 Å². The quantitative estimate of drug-likeness (QED) is 0.283. The number of aromatic nitrogens is 2. The molecule has 0 saturated carbocycles. The Bertz CT molecular complexity index is 882. The fourth-order valence-corrected chi connectivity index (χ4v) is 5.23. The number of nitrogen functional groups attached to an aromatic ring is 1. The van der Waals surface area contributed by atoms with E-state index in [9.17, 15) is 23.4 Å². The first-order chi connectivity index (χ1) is 12.3. The van der Waals surface area contributed by atoms with Crippen molar-refractivity contribution < 1.29 is 51.2 Å². The zero-order valence-electron chi connectivity index (χ0n) is 13.3. The van der Waals surface area contributed by atoms with Gasteiger partial charge in [0.2, 0.25) is 0 Å². The Balaban J connectivity index is 1.91. The number of nitrogens with one attached hydrogen (secondary N) is 1. The van der Waals surface area contributed by atoms with E-state index < -0.39 is 47.8 Å². The van der Waals surface area contributed by atoms with Crippen molar-refractivity contribution in [2.75, 3.05) is 12.3 Å². The summed E-state index contributed by atoms with van der Waals surface area (Å²) in [7, 11) is -16.3. The number of hydrogen-bond donors (Lipinski definition) is 6. The van der Waals surface area contributed by atoms with Gasteiger partial charge in [-0.2, -0.15) is 8.62 Å². The van der Waals surface area contributed by atoms with Crippen LogP contribution in [0.4, 0.5) is 5.95 Å². The number of nitrogens with two attached hydrogens (primary N) is 1. The molecule has 1 fully saturated rings. The second-order valence-corrected chi connectivity index (χ2v) is 9.68. The lowest BCUT2D eigenvalue weighted by Crippen LogP contribution is -2.20. The van der Waals surface area contributed by atoms with E-state index in [4.69, 9.17) is 25.2 Å². The number of aromatic amines is 1. The summed E-state index contributed by atoms with van der Waals surface area (Å²) in [6.07, 6.45) is 0.403. The van der Waals surface area contributed by atoms with E-state index in [1.54, 1.807) is 0 Å². The predicted molar refractivity (Wildman–Crippen MR) is 85.9 cm³/mol. The first-order valence-electron chi connectivity index (χ1n) is 7.05. The number of phosphoric acid groups is 3. The molecule has 1 aromatic heterocycles. The van der Waals surface area contributed by atoms with Crippen LogP contribution in [0.3, 0.4) is 0 Å². The summed E-state index contributed by atoms with van der Waals surface area (Å²) in [4.78, 5) is 53.1. The van der Waals surface area contributed by atoms with E-state index in [0.717, 1.165) is 0 Å². The number of rotatable bonds is 8. The van der Waals surface area contributed by atoms with E-state index in [0.29, 0.717) is 12.8 Å². The van der Waals surface area contributed by atoms with Gasteiger partial charge in [-0.05, 0) is 12.8 Å². The fourth-order valence-electron chi connectivity index (χ4n) is 2.19. The molecule has 0 aliphatic carbocycles. The fraction of sp³-hybridized carbons (Fsp3) is 0.556. The molecule has 2 unspecified atom stereocenters. The van der Waals surface area contributed by atoms with Crippen molar-refractivity contribution in [1.29, 1.82) is 0 Å². The maximum absolute atomic E-state index is 11.8. The summed E-state index contributed by atoms with van der Waals surface area (Å²) in [6, 6.07) is 0. The molecule has 27 heavy (non-hydrogen) atoms. The third-order valence-corrected chi connectivity index (χ3v) is 6.94. The van der Waals surface area contributed by atoms with Crippen LogP contribution in [0.1, 0.15) is 24.5 Å². The Morgan fingerprint density at radius 3 is 2.44 bits per heavy atom. The average Bonchev–Trinajstić information content (AvgIpc) is 2.90. The maximum atomic E-state index is 11.8. The lowest BCUT2D eigenvalue weighted by atomic mass is 10.1. The van der Waals surface area contributed by atoms with Crippen LogP contribution in [0, 0.1) is 0 Å². The van der Waals surface area contributed by atoms with Gasteiger partial charge in [-0.1, -0.05) is 0 Å². The number of phosphoric ester groups is 1. The van der Waals surface area contributed by atoms with Gasteiger partial charge in [0.25, 0.3) is 5.56 Å². The van der Waals surface area contributed by atoms with Crippen molar-refractivity contribution in [1.82, 2.24) is 9.97 Å². The largest absolute Gasteiger partial charge is 0.490 e. The van der Waals surface area contributed by atoms with E-state index >= 15 is 0 Å². The van der Waals surface area contributed by atoms with Gasteiger partial charge in [-0.15, -0.1) is 0 Å². The molecule has 0 bridgehead atoms. The van der Waals surface area contributed by atoms with Crippen molar-refractivity contribution in [2.45, 2.75) is 25.0 Å². The summed E-state index contributed by atoms with van der Waals surface area (Å²) < 4.78 is 50.5. The minimum atomic E-state index is -5.58. The van der Waals surface area contributed by atoms with Crippen LogP contribution in [-0.2, 0) is 31.6 Å². The minimum Gasteiger partial charge on any atom is -0.369 e. The molecule has 1 aromatic rings. The highest BCUT2D eigenvalue weighted by Gasteiger charge is 2.41. The zero-order chi connectivity index (χ0) is 20.5. The summed E-state index contributed by atoms with van der Waals surface area (Å²) in [5.74, 6) is -0.0778. The maximum Gasteiger partial charge on any atom is 0.490 e. The Kier molecular flexibility index (Phi) is 6.78. The summed E-state index contributed by atoms with van der Waals surface area (Å²) in [6.45, 7) is -0.583. The number of hydrogen-bond acceptors (Lipinski definition) is 10. The highest BCUT2D eigenvalue weighted by atomic mass is 31.3. The zero-order valence-corrected chi connectivity index (χ0v) is 16.0. The van der Waals surface area contributed by atoms with Crippen LogP contribution in [0.5, 0.6) is 0 Å². The molecule has 4 atom stereocenters. The Morgan fingerprint density at radius 1 is 1.19 bits per heavy atom. The molecule has 2 heterocycles. The molecular formula is C9H16N3O12P3. The Morgan fingerprint density at radius 2 is 1.85 bits per heavy atom. The lowest BCUT2D eigenvalue weighted by Gasteiger charge is -2.18. The van der Waals surface area contributed by atoms with Gasteiger partial charge in [-0.25, -0.2) is 18.7 Å². The van der Waals surface area contributed by atoms with Crippen LogP contribution < -0.4 is 11.3 Å². The average molecular weight is 451 g/mol. The first-order valence-corrected chi connectivity index (χ1v) is 11.6. The van der Waals surface area contributed by atoms with Crippen LogP contribution in [0.25, 0.3) is 0 Å². The molecule has 7 N–H and O–H groups in total. The van der Waals surface area contributed by atoms with E-state index in [2.05, 4.69) is 23.1 Å². The highest BCUT2D eigenvalue weighted by molar-refractivity contribution is 7.66. The first kappa shape index (κ1) is 22.3. The smallest absolute Gasteiger partial charge is 0.369 e. The Labute approximate surface area is 150 Å². The van der Waals surface area contributed by atoms with Crippen molar-refractivity contribution in [3.63, 3.8) is 0 Å². The number of ether oxygens (including phenoxy) is 1. The van der Waals surface area contributed by atoms with Gasteiger partial charge in [0.1, 0.15) is 0 Å². The lowest BCUT2D eigenvalue weighted by molar-refractivity contribution is 0.00939. The monoisotopic (exact) mass is 451 g/mol. The second-order valence-electron chi connectivity index (χ2n) is 5.26. The van der Waals surface area contributed by atoms with E-state index in [-0.39, 0.29) is 11.5 Å². The minimum absolute atomic E-state index is 0.0778. The van der Waals surface area contributed by atoms with Crippen molar-refractivity contribution in [3.8, 4) is 0 Å². The normalized spacial score (nSPS) is 25.0. The number of anilines is 1. The molecule has 1 aliphatic rings. The van der Waals surface area contributed by atoms with Crippen LogP contribution >= 0.6 is 23.5 Å². The van der Waals surface area contributed by atoms with Crippen molar-refractivity contribution in [2.24, 2.45) is 0 Å². The molecular weight excluding hydrogens is 435 g/mol. The summed E-state index contributed by atoms with van der Waals surface area (Å²) in [5.41, 5.74) is 5.01. The third kappa shape index (κ3) is 7.18. The predicted octanol–water partition coefficient (Wildman–Crippen LogP) is -0.0845. The molecule has 15 nitrogen and oxygen atoms in total. The molecule has 0 aromatic carbocycles. The molecule has 0 spiro atoms. The van der Waals surface area contributed by atoms with Crippen molar-refractivity contribution >= 4 is 29.4 Å². The van der Waals surface area contributed by atoms with Gasteiger partial charge in [0.15, 0.2) is 5.95 Å². The number of H-pyrrole nitrogens is 1. The summed E-state index contributed by atoms with van der Waals surface area (Å²) >= 11 is 0.